The Morgan fingerprint density at radius 2 is 1.18 bits per heavy atom. The van der Waals surface area contributed by atoms with Gasteiger partial charge in [0.1, 0.15) is 0 Å². The smallest absolute Gasteiger partial charge is 1.00 e. The van der Waals surface area contributed by atoms with Crippen LogP contribution in [0.4, 0.5) is 0 Å². The van der Waals surface area contributed by atoms with Gasteiger partial charge in [-0.2, -0.15) is 32.9 Å². The zero-order chi connectivity index (χ0) is 10.6. The number of allylic oxidation sites excluding steroid dienone is 8. The van der Waals surface area contributed by atoms with Crippen molar-refractivity contribution in [3.8, 4) is 0 Å². The van der Waals surface area contributed by atoms with E-state index in [-0.39, 0.29) is 57.2 Å². The van der Waals surface area contributed by atoms with E-state index in [9.17, 15) is 0 Å². The van der Waals surface area contributed by atoms with Crippen LogP contribution in [-0.2, 0) is 21.7 Å². The molecule has 0 heterocycles. The topological polar surface area (TPSA) is 0 Å². The molecule has 0 bridgehead atoms. The normalized spacial score (nSPS) is 12.5. The van der Waals surface area contributed by atoms with Crippen LogP contribution >= 0.6 is 0 Å². The second-order valence-corrected chi connectivity index (χ2v) is 3.51. The third-order valence-corrected chi connectivity index (χ3v) is 1.17. The van der Waals surface area contributed by atoms with Crippen LogP contribution in [-0.4, -0.2) is 23.1 Å². The molecule has 0 N–H and O–H groups in total. The van der Waals surface area contributed by atoms with Gasteiger partial charge in [0.15, 0.2) is 0 Å². The Hall–Kier alpha value is 0.731. The fourth-order valence-electron chi connectivity index (χ4n) is 0.680. The van der Waals surface area contributed by atoms with Crippen LogP contribution in [0.3, 0.4) is 0 Å². The zero-order valence-electron chi connectivity index (χ0n) is 11.0. The van der Waals surface area contributed by atoms with Gasteiger partial charge >= 0.3 is 44.8 Å². The minimum Gasteiger partial charge on any atom is -1.00 e. The Kier molecular flexibility index (Phi) is 34.0. The van der Waals surface area contributed by atoms with E-state index in [1.165, 1.54) is 5.92 Å². The van der Waals surface area contributed by atoms with Gasteiger partial charge in [-0.25, -0.2) is 24.3 Å². The molecule has 0 radical (unpaired) electrons. The van der Waals surface area contributed by atoms with E-state index in [1.807, 2.05) is 24.3 Å². The van der Waals surface area contributed by atoms with E-state index in [2.05, 4.69) is 45.1 Å². The first-order valence-corrected chi connectivity index (χ1v) is 4.93. The summed E-state index contributed by atoms with van der Waals surface area (Å²) in [7, 11) is 0. The van der Waals surface area contributed by atoms with Crippen molar-refractivity contribution in [1.29, 1.82) is 0 Å². The molecule has 88 valence electrons. The molecule has 0 fully saturated rings. The van der Waals surface area contributed by atoms with Gasteiger partial charge in [0.05, 0.1) is 0 Å². The third kappa shape index (κ3) is 31.5. The van der Waals surface area contributed by atoms with Crippen LogP contribution in [0.15, 0.2) is 36.5 Å². The van der Waals surface area contributed by atoms with Crippen molar-refractivity contribution < 1.29 is 34.1 Å². The van der Waals surface area contributed by atoms with E-state index in [1.54, 1.807) is 0 Å². The number of hydrogen-bond donors (Lipinski definition) is 0. The fourth-order valence-corrected chi connectivity index (χ4v) is 0.680. The van der Waals surface area contributed by atoms with Gasteiger partial charge in [-0.05, 0) is 0 Å². The van der Waals surface area contributed by atoms with E-state index >= 15 is 0 Å². The van der Waals surface area contributed by atoms with Crippen molar-refractivity contribution in [2.24, 2.45) is 0 Å². The summed E-state index contributed by atoms with van der Waals surface area (Å²) in [5.41, 5.74) is 0. The molecule has 3 heteroatoms. The average Bonchev–Trinajstić information content (AvgIpc) is 2.83. The SMILES string of the molecule is C[C-](C)C.[C-]1=CC=CC1.[C-]1=CC=CC1.[Cl-].[Mg+2].[Ti+2]. The summed E-state index contributed by atoms with van der Waals surface area (Å²) in [4.78, 5) is 0. The van der Waals surface area contributed by atoms with Crippen molar-refractivity contribution in [3.05, 3.63) is 54.5 Å². The summed E-state index contributed by atoms with van der Waals surface area (Å²) in [6, 6.07) is 0. The van der Waals surface area contributed by atoms with Crippen LogP contribution in [0, 0.1) is 18.1 Å². The minimum atomic E-state index is 0. The largest absolute Gasteiger partial charge is 2.00 e. The predicted molar refractivity (Wildman–Crippen MR) is 69.2 cm³/mol. The molecule has 0 atom stereocenters. The number of hydrogen-bond acceptors (Lipinski definition) is 0. The summed E-state index contributed by atoms with van der Waals surface area (Å²) in [6.45, 7) is 6.25. The molecule has 2 aliphatic rings. The Morgan fingerprint density at radius 1 is 0.882 bits per heavy atom. The molecule has 2 aliphatic carbocycles. The average molecular weight is 295 g/mol. The molecule has 2 rings (SSSR count). The maximum absolute atomic E-state index is 2.99. The Morgan fingerprint density at radius 3 is 1.24 bits per heavy atom. The molecule has 0 saturated heterocycles. The van der Waals surface area contributed by atoms with Crippen LogP contribution in [0.5, 0.6) is 0 Å². The molecular weight excluding hydrogens is 276 g/mol. The Balaban J connectivity index is -0.0000000692. The number of rotatable bonds is 0. The molecule has 0 unspecified atom stereocenters. The molecule has 0 nitrogen and oxygen atoms in total. The monoisotopic (exact) mass is 294 g/mol. The predicted octanol–water partition coefficient (Wildman–Crippen LogP) is 0.853. The van der Waals surface area contributed by atoms with Gasteiger partial charge in [0, 0.05) is 0 Å². The van der Waals surface area contributed by atoms with Gasteiger partial charge in [0.2, 0.25) is 0 Å². The maximum Gasteiger partial charge on any atom is 2.00 e. The van der Waals surface area contributed by atoms with E-state index in [4.69, 9.17) is 0 Å². The first-order chi connectivity index (χ1) is 6.73. The van der Waals surface area contributed by atoms with Gasteiger partial charge in [0.25, 0.3) is 0 Å². The Labute approximate surface area is 144 Å². The molecule has 17 heavy (non-hydrogen) atoms. The van der Waals surface area contributed by atoms with Crippen LogP contribution in [0.25, 0.3) is 0 Å². The van der Waals surface area contributed by atoms with E-state index < -0.39 is 0 Å². The van der Waals surface area contributed by atoms with Gasteiger partial charge in [-0.3, -0.25) is 12.2 Å². The molecule has 0 spiro atoms. The summed E-state index contributed by atoms with van der Waals surface area (Å²) in [6.07, 6.45) is 20.0. The maximum atomic E-state index is 2.99. The summed E-state index contributed by atoms with van der Waals surface area (Å²) in [5, 5.41) is 0. The second-order valence-electron chi connectivity index (χ2n) is 3.51. The standard InChI is InChI=1S/2C5H5.C4H9.ClH.Mg.Ti/c2*1-2-4-5-3-1;1-4(2)3;;;/h2*1-3H,4H2;1-3H3;1H;;/q3*-1;;2*+2/p-1. The van der Waals surface area contributed by atoms with Crippen molar-refractivity contribution in [1.82, 2.24) is 0 Å². The first-order valence-electron chi connectivity index (χ1n) is 4.93. The van der Waals surface area contributed by atoms with E-state index in [0.717, 1.165) is 12.8 Å². The van der Waals surface area contributed by atoms with Gasteiger partial charge in [-0.15, -0.1) is 12.8 Å². The van der Waals surface area contributed by atoms with Crippen LogP contribution < -0.4 is 12.4 Å². The summed E-state index contributed by atoms with van der Waals surface area (Å²) < 4.78 is 0. The first kappa shape index (κ1) is 26.3. The fraction of sp³-hybridized carbons (Fsp3) is 0.357. The van der Waals surface area contributed by atoms with Crippen molar-refractivity contribution in [3.63, 3.8) is 0 Å². The quantitative estimate of drug-likeness (QED) is 0.459. The van der Waals surface area contributed by atoms with Crippen molar-refractivity contribution in [2.75, 3.05) is 0 Å². The van der Waals surface area contributed by atoms with E-state index in [0.29, 0.717) is 0 Å². The summed E-state index contributed by atoms with van der Waals surface area (Å²) >= 11 is 0. The molecule has 0 aromatic rings. The molecule has 0 aromatic carbocycles. The second kappa shape index (κ2) is 22.0. The molecule has 0 amide bonds. The van der Waals surface area contributed by atoms with Crippen molar-refractivity contribution in [2.45, 2.75) is 33.6 Å². The zero-order valence-corrected chi connectivity index (χ0v) is 14.7. The Bertz CT molecular complexity index is 186. The third-order valence-electron chi connectivity index (χ3n) is 1.17. The minimum absolute atomic E-state index is 0. The molecule has 0 aliphatic heterocycles. The van der Waals surface area contributed by atoms with Gasteiger partial charge in [-0.1, -0.05) is 0 Å². The number of halogens is 1. The molecular formula is C14H19ClMgTi. The van der Waals surface area contributed by atoms with Gasteiger partial charge < -0.3 is 18.3 Å². The van der Waals surface area contributed by atoms with Crippen molar-refractivity contribution >= 4 is 23.1 Å². The summed E-state index contributed by atoms with van der Waals surface area (Å²) in [5.74, 6) is 1.42. The van der Waals surface area contributed by atoms with Crippen LogP contribution in [0.1, 0.15) is 33.6 Å². The molecule has 0 saturated carbocycles. The molecule has 0 aromatic heterocycles. The van der Waals surface area contributed by atoms with Crippen LogP contribution in [0.2, 0.25) is 0 Å².